The van der Waals surface area contributed by atoms with E-state index in [2.05, 4.69) is 10.2 Å². The van der Waals surface area contributed by atoms with Crippen molar-refractivity contribution in [3.63, 3.8) is 0 Å². The van der Waals surface area contributed by atoms with Gasteiger partial charge in [0.1, 0.15) is 0 Å². The number of halogens is 1. The quantitative estimate of drug-likeness (QED) is 0.815. The van der Waals surface area contributed by atoms with E-state index in [1.807, 2.05) is 44.4 Å². The summed E-state index contributed by atoms with van der Waals surface area (Å²) in [5, 5.41) is 13.3. The van der Waals surface area contributed by atoms with Gasteiger partial charge < -0.3 is 15.3 Å². The average molecular weight is 333 g/mol. The predicted octanol–water partition coefficient (Wildman–Crippen LogP) is 3.43. The topological polar surface area (TPSA) is 52.6 Å². The standard InChI is InChI=1S/C18H21ClN2O2/c1-21(2)12-17(14-6-8-16(19)9-7-14)20-11-13-4-3-5-15(10-13)18(22)23/h3-10,17,20H,11-12H2,1-2H3,(H,22,23). The molecule has 0 saturated carbocycles. The maximum atomic E-state index is 11.1. The molecule has 1 unspecified atom stereocenters. The molecule has 0 aliphatic rings. The summed E-state index contributed by atoms with van der Waals surface area (Å²) in [7, 11) is 4.05. The molecule has 0 heterocycles. The van der Waals surface area contributed by atoms with Crippen LogP contribution >= 0.6 is 11.6 Å². The van der Waals surface area contributed by atoms with E-state index in [1.54, 1.807) is 18.2 Å². The van der Waals surface area contributed by atoms with Crippen LogP contribution in [0.25, 0.3) is 0 Å². The molecule has 0 aliphatic carbocycles. The molecule has 0 radical (unpaired) electrons. The normalized spacial score (nSPS) is 12.3. The van der Waals surface area contributed by atoms with Gasteiger partial charge in [-0.25, -0.2) is 4.79 Å². The van der Waals surface area contributed by atoms with Gasteiger partial charge in [-0.3, -0.25) is 0 Å². The fourth-order valence-corrected chi connectivity index (χ4v) is 2.53. The first-order chi connectivity index (χ1) is 11.0. The molecule has 0 aromatic heterocycles. The molecule has 0 fully saturated rings. The maximum Gasteiger partial charge on any atom is 0.335 e. The average Bonchev–Trinajstić information content (AvgIpc) is 2.52. The smallest absolute Gasteiger partial charge is 0.335 e. The van der Waals surface area contributed by atoms with Crippen molar-refractivity contribution in [1.82, 2.24) is 10.2 Å². The van der Waals surface area contributed by atoms with Crippen molar-refractivity contribution in [3.8, 4) is 0 Å². The zero-order valence-electron chi connectivity index (χ0n) is 13.3. The molecule has 0 bridgehead atoms. The van der Waals surface area contributed by atoms with Crippen LogP contribution in [0.3, 0.4) is 0 Å². The number of hydrogen-bond donors (Lipinski definition) is 2. The van der Waals surface area contributed by atoms with Crippen molar-refractivity contribution in [3.05, 3.63) is 70.2 Å². The molecule has 1 atom stereocenters. The van der Waals surface area contributed by atoms with Gasteiger partial charge in [0.05, 0.1) is 5.56 Å². The Labute approximate surface area is 141 Å². The van der Waals surface area contributed by atoms with Crippen molar-refractivity contribution in [2.45, 2.75) is 12.6 Å². The van der Waals surface area contributed by atoms with Gasteiger partial charge in [-0.1, -0.05) is 35.9 Å². The molecule has 0 saturated heterocycles. The van der Waals surface area contributed by atoms with Crippen LogP contribution in [0.15, 0.2) is 48.5 Å². The number of rotatable bonds is 7. The highest BCUT2D eigenvalue weighted by molar-refractivity contribution is 6.30. The minimum Gasteiger partial charge on any atom is -0.478 e. The van der Waals surface area contributed by atoms with Crippen LogP contribution in [0.5, 0.6) is 0 Å². The second-order valence-corrected chi connectivity index (χ2v) is 6.19. The Balaban J connectivity index is 2.10. The van der Waals surface area contributed by atoms with Crippen molar-refractivity contribution >= 4 is 17.6 Å². The van der Waals surface area contributed by atoms with Crippen molar-refractivity contribution in [2.24, 2.45) is 0 Å². The van der Waals surface area contributed by atoms with Crippen LogP contribution in [0.1, 0.15) is 27.5 Å². The van der Waals surface area contributed by atoms with Crippen LogP contribution in [0.4, 0.5) is 0 Å². The Morgan fingerprint density at radius 2 is 1.91 bits per heavy atom. The molecule has 0 spiro atoms. The zero-order chi connectivity index (χ0) is 16.8. The van der Waals surface area contributed by atoms with Crippen LogP contribution in [-0.2, 0) is 6.54 Å². The summed E-state index contributed by atoms with van der Waals surface area (Å²) >= 11 is 5.96. The number of benzene rings is 2. The van der Waals surface area contributed by atoms with Crippen molar-refractivity contribution in [1.29, 1.82) is 0 Å². The minimum atomic E-state index is -0.908. The summed E-state index contributed by atoms with van der Waals surface area (Å²) in [5.41, 5.74) is 2.40. The van der Waals surface area contributed by atoms with Gasteiger partial charge in [-0.05, 0) is 49.5 Å². The van der Waals surface area contributed by atoms with Gasteiger partial charge in [0.15, 0.2) is 0 Å². The van der Waals surface area contributed by atoms with E-state index in [0.717, 1.165) is 17.7 Å². The van der Waals surface area contributed by atoms with Gasteiger partial charge in [0.25, 0.3) is 0 Å². The molecule has 2 aromatic rings. The maximum absolute atomic E-state index is 11.1. The van der Waals surface area contributed by atoms with Crippen LogP contribution in [0.2, 0.25) is 5.02 Å². The Kier molecular flexibility index (Phi) is 6.16. The molecule has 2 aromatic carbocycles. The van der Waals surface area contributed by atoms with Gasteiger partial charge >= 0.3 is 5.97 Å². The van der Waals surface area contributed by atoms with Crippen molar-refractivity contribution < 1.29 is 9.90 Å². The van der Waals surface area contributed by atoms with E-state index in [-0.39, 0.29) is 6.04 Å². The van der Waals surface area contributed by atoms with E-state index in [4.69, 9.17) is 16.7 Å². The number of carboxylic acid groups (broad SMARTS) is 1. The monoisotopic (exact) mass is 332 g/mol. The summed E-state index contributed by atoms with van der Waals surface area (Å²) in [6.45, 7) is 1.43. The number of hydrogen-bond acceptors (Lipinski definition) is 3. The number of carbonyl (C=O) groups is 1. The molecule has 0 amide bonds. The molecule has 4 nitrogen and oxygen atoms in total. The highest BCUT2D eigenvalue weighted by Gasteiger charge is 2.12. The first-order valence-electron chi connectivity index (χ1n) is 7.41. The number of nitrogens with zero attached hydrogens (tertiary/aromatic N) is 1. The number of aromatic carboxylic acids is 1. The highest BCUT2D eigenvalue weighted by atomic mass is 35.5. The molecular formula is C18H21ClN2O2. The number of carboxylic acids is 1. The summed E-state index contributed by atoms with van der Waals surface area (Å²) in [5.74, 6) is -0.908. The SMILES string of the molecule is CN(C)CC(NCc1cccc(C(=O)O)c1)c1ccc(Cl)cc1. The third kappa shape index (κ3) is 5.36. The van der Waals surface area contributed by atoms with E-state index < -0.39 is 5.97 Å². The molecule has 5 heteroatoms. The van der Waals surface area contributed by atoms with Crippen LogP contribution in [0, 0.1) is 0 Å². The van der Waals surface area contributed by atoms with Crippen LogP contribution < -0.4 is 5.32 Å². The van der Waals surface area contributed by atoms with E-state index in [9.17, 15) is 4.79 Å². The molecule has 2 rings (SSSR count). The summed E-state index contributed by atoms with van der Waals surface area (Å²) in [4.78, 5) is 13.2. The summed E-state index contributed by atoms with van der Waals surface area (Å²) < 4.78 is 0. The van der Waals surface area contributed by atoms with Gasteiger partial charge in [-0.2, -0.15) is 0 Å². The van der Waals surface area contributed by atoms with Gasteiger partial charge in [0, 0.05) is 24.2 Å². The fourth-order valence-electron chi connectivity index (χ4n) is 2.40. The molecule has 122 valence electrons. The Bertz CT molecular complexity index is 656. The summed E-state index contributed by atoms with van der Waals surface area (Å²) in [6, 6.07) is 14.9. The second kappa shape index (κ2) is 8.11. The highest BCUT2D eigenvalue weighted by Crippen LogP contribution is 2.18. The Morgan fingerprint density at radius 3 is 2.52 bits per heavy atom. The van der Waals surface area contributed by atoms with Gasteiger partial charge in [0.2, 0.25) is 0 Å². The number of likely N-dealkylation sites (N-methyl/N-ethyl adjacent to an activating group) is 1. The lowest BCUT2D eigenvalue weighted by molar-refractivity contribution is 0.0696. The zero-order valence-corrected chi connectivity index (χ0v) is 14.0. The largest absolute Gasteiger partial charge is 0.478 e. The second-order valence-electron chi connectivity index (χ2n) is 5.75. The predicted molar refractivity (Wildman–Crippen MR) is 93.0 cm³/mol. The Hall–Kier alpha value is -1.88. The minimum absolute atomic E-state index is 0.135. The molecule has 2 N–H and O–H groups in total. The van der Waals surface area contributed by atoms with E-state index in [0.29, 0.717) is 17.1 Å². The fraction of sp³-hybridized carbons (Fsp3) is 0.278. The first-order valence-corrected chi connectivity index (χ1v) is 7.79. The molecule has 0 aliphatic heterocycles. The Morgan fingerprint density at radius 1 is 1.22 bits per heavy atom. The third-order valence-corrected chi connectivity index (χ3v) is 3.80. The van der Waals surface area contributed by atoms with Crippen LogP contribution in [-0.4, -0.2) is 36.6 Å². The lowest BCUT2D eigenvalue weighted by Gasteiger charge is -2.23. The van der Waals surface area contributed by atoms with Gasteiger partial charge in [-0.15, -0.1) is 0 Å². The third-order valence-electron chi connectivity index (χ3n) is 3.55. The summed E-state index contributed by atoms with van der Waals surface area (Å²) in [6.07, 6.45) is 0. The van der Waals surface area contributed by atoms with Crippen molar-refractivity contribution in [2.75, 3.05) is 20.6 Å². The lowest BCUT2D eigenvalue weighted by atomic mass is 10.1. The first kappa shape index (κ1) is 17.5. The van der Waals surface area contributed by atoms with E-state index >= 15 is 0 Å². The van der Waals surface area contributed by atoms with E-state index in [1.165, 1.54) is 0 Å². The molecular weight excluding hydrogens is 312 g/mol. The lowest BCUT2D eigenvalue weighted by Crippen LogP contribution is -2.31. The molecule has 23 heavy (non-hydrogen) atoms. The number of nitrogens with one attached hydrogen (secondary N) is 1.